The summed E-state index contributed by atoms with van der Waals surface area (Å²) in [5.41, 5.74) is 0.985. The molecule has 1 fully saturated rings. The van der Waals surface area contributed by atoms with Crippen LogP contribution in [0.4, 0.5) is 0 Å². The van der Waals surface area contributed by atoms with Crippen LogP contribution in [0.3, 0.4) is 0 Å². The number of hydrogen-bond acceptors (Lipinski definition) is 3. The van der Waals surface area contributed by atoms with Crippen molar-refractivity contribution < 1.29 is 5.11 Å². The predicted molar refractivity (Wildman–Crippen MR) is 79.2 cm³/mol. The third-order valence-corrected chi connectivity index (χ3v) is 4.11. The summed E-state index contributed by atoms with van der Waals surface area (Å²) in [6.45, 7) is 2.63. The second-order valence-corrected chi connectivity index (χ2v) is 5.55. The molecule has 0 bridgehead atoms. The Morgan fingerprint density at radius 1 is 1.26 bits per heavy atom. The van der Waals surface area contributed by atoms with E-state index in [0.29, 0.717) is 6.54 Å². The molecular weight excluding hydrogens is 236 g/mol. The molecule has 0 aromatic heterocycles. The summed E-state index contributed by atoms with van der Waals surface area (Å²) in [7, 11) is 2.21. The van der Waals surface area contributed by atoms with Crippen molar-refractivity contribution in [1.29, 1.82) is 0 Å². The highest BCUT2D eigenvalue weighted by atomic mass is 16.3. The van der Waals surface area contributed by atoms with Gasteiger partial charge in [-0.2, -0.15) is 0 Å². The SMILES string of the molecule is CN(CCNCC(O)c1ccccc1)C1CCCC1. The molecule has 0 saturated heterocycles. The molecule has 2 rings (SSSR count). The number of aliphatic hydroxyl groups is 1. The molecule has 3 heteroatoms. The second-order valence-electron chi connectivity index (χ2n) is 5.55. The third-order valence-electron chi connectivity index (χ3n) is 4.11. The zero-order chi connectivity index (χ0) is 13.5. The highest BCUT2D eigenvalue weighted by molar-refractivity contribution is 5.17. The van der Waals surface area contributed by atoms with Gasteiger partial charge in [-0.05, 0) is 25.5 Å². The van der Waals surface area contributed by atoms with E-state index < -0.39 is 6.10 Å². The lowest BCUT2D eigenvalue weighted by Gasteiger charge is -2.24. The number of aliphatic hydroxyl groups excluding tert-OH is 1. The van der Waals surface area contributed by atoms with Crippen LogP contribution < -0.4 is 5.32 Å². The molecule has 19 heavy (non-hydrogen) atoms. The standard InChI is InChI=1S/C16H26N2O/c1-18(15-9-5-6-10-15)12-11-17-13-16(19)14-7-3-2-4-8-14/h2-4,7-8,15-17,19H,5-6,9-13H2,1H3. The molecule has 1 saturated carbocycles. The maximum Gasteiger partial charge on any atom is 0.0914 e. The van der Waals surface area contributed by atoms with E-state index in [2.05, 4.69) is 17.3 Å². The van der Waals surface area contributed by atoms with Crippen molar-refractivity contribution in [3.05, 3.63) is 35.9 Å². The van der Waals surface area contributed by atoms with E-state index in [1.54, 1.807) is 0 Å². The van der Waals surface area contributed by atoms with Gasteiger partial charge in [-0.1, -0.05) is 43.2 Å². The van der Waals surface area contributed by atoms with Gasteiger partial charge in [-0.15, -0.1) is 0 Å². The Bertz CT molecular complexity index is 349. The van der Waals surface area contributed by atoms with Gasteiger partial charge in [0.2, 0.25) is 0 Å². The highest BCUT2D eigenvalue weighted by Gasteiger charge is 2.18. The van der Waals surface area contributed by atoms with E-state index in [9.17, 15) is 5.11 Å². The predicted octanol–water partition coefficient (Wildman–Crippen LogP) is 2.18. The van der Waals surface area contributed by atoms with E-state index in [1.807, 2.05) is 30.3 Å². The molecule has 0 heterocycles. The molecule has 1 aromatic carbocycles. The molecular formula is C16H26N2O. The van der Waals surface area contributed by atoms with Gasteiger partial charge in [-0.25, -0.2) is 0 Å². The van der Waals surface area contributed by atoms with Crippen molar-refractivity contribution in [1.82, 2.24) is 10.2 Å². The van der Waals surface area contributed by atoms with Crippen molar-refractivity contribution in [2.24, 2.45) is 0 Å². The lowest BCUT2D eigenvalue weighted by atomic mass is 10.1. The minimum atomic E-state index is -0.405. The molecule has 0 amide bonds. The Kier molecular flexibility index (Phi) is 5.83. The van der Waals surface area contributed by atoms with Crippen LogP contribution in [-0.2, 0) is 0 Å². The molecule has 2 N–H and O–H groups in total. The number of likely N-dealkylation sites (N-methyl/N-ethyl adjacent to an activating group) is 1. The first-order valence-corrected chi connectivity index (χ1v) is 7.41. The molecule has 106 valence electrons. The Morgan fingerprint density at radius 3 is 2.63 bits per heavy atom. The number of benzene rings is 1. The first-order valence-electron chi connectivity index (χ1n) is 7.41. The number of hydrogen-bond donors (Lipinski definition) is 2. The fourth-order valence-electron chi connectivity index (χ4n) is 2.81. The zero-order valence-electron chi connectivity index (χ0n) is 11.9. The van der Waals surface area contributed by atoms with E-state index in [1.165, 1.54) is 25.7 Å². The zero-order valence-corrected chi connectivity index (χ0v) is 11.9. The summed E-state index contributed by atoms with van der Waals surface area (Å²) >= 11 is 0. The van der Waals surface area contributed by atoms with Gasteiger partial charge in [0.05, 0.1) is 6.10 Å². The average molecular weight is 262 g/mol. The Hall–Kier alpha value is -0.900. The molecule has 0 radical (unpaired) electrons. The summed E-state index contributed by atoms with van der Waals surface area (Å²) in [5.74, 6) is 0. The van der Waals surface area contributed by atoms with Crippen LogP contribution in [0.15, 0.2) is 30.3 Å². The Labute approximate surface area is 116 Å². The maximum atomic E-state index is 10.0. The first kappa shape index (κ1) is 14.5. The molecule has 1 atom stereocenters. The van der Waals surface area contributed by atoms with Gasteiger partial charge >= 0.3 is 0 Å². The van der Waals surface area contributed by atoms with Crippen LogP contribution in [-0.4, -0.2) is 42.7 Å². The van der Waals surface area contributed by atoms with Gasteiger partial charge < -0.3 is 15.3 Å². The first-order chi connectivity index (χ1) is 9.27. The Balaban J connectivity index is 1.61. The van der Waals surface area contributed by atoms with Crippen LogP contribution >= 0.6 is 0 Å². The lowest BCUT2D eigenvalue weighted by molar-refractivity contribution is 0.170. The van der Waals surface area contributed by atoms with Crippen LogP contribution in [0.2, 0.25) is 0 Å². The number of nitrogens with zero attached hydrogens (tertiary/aromatic N) is 1. The summed E-state index contributed by atoms with van der Waals surface area (Å²) in [4.78, 5) is 2.45. The summed E-state index contributed by atoms with van der Waals surface area (Å²) in [6.07, 6.45) is 5.06. The van der Waals surface area contributed by atoms with Crippen LogP contribution in [0, 0.1) is 0 Å². The molecule has 1 unspecified atom stereocenters. The van der Waals surface area contributed by atoms with Crippen molar-refractivity contribution >= 4 is 0 Å². The van der Waals surface area contributed by atoms with Gasteiger partial charge in [0.25, 0.3) is 0 Å². The van der Waals surface area contributed by atoms with Crippen molar-refractivity contribution in [2.45, 2.75) is 37.8 Å². The molecule has 1 aliphatic carbocycles. The van der Waals surface area contributed by atoms with Gasteiger partial charge in [0.1, 0.15) is 0 Å². The molecule has 1 aromatic rings. The minimum Gasteiger partial charge on any atom is -0.387 e. The van der Waals surface area contributed by atoms with Gasteiger partial charge in [0.15, 0.2) is 0 Å². The second kappa shape index (κ2) is 7.63. The van der Waals surface area contributed by atoms with E-state index in [0.717, 1.165) is 24.7 Å². The largest absolute Gasteiger partial charge is 0.387 e. The van der Waals surface area contributed by atoms with Gasteiger partial charge in [-0.3, -0.25) is 0 Å². The van der Waals surface area contributed by atoms with Crippen molar-refractivity contribution in [2.75, 3.05) is 26.7 Å². The van der Waals surface area contributed by atoms with E-state index in [4.69, 9.17) is 0 Å². The topological polar surface area (TPSA) is 35.5 Å². The van der Waals surface area contributed by atoms with Crippen LogP contribution in [0.25, 0.3) is 0 Å². The highest BCUT2D eigenvalue weighted by Crippen LogP contribution is 2.21. The average Bonchev–Trinajstić information content (AvgIpc) is 2.98. The van der Waals surface area contributed by atoms with E-state index in [-0.39, 0.29) is 0 Å². The number of rotatable bonds is 7. The quantitative estimate of drug-likeness (QED) is 0.739. The molecule has 0 aliphatic heterocycles. The summed E-state index contributed by atoms with van der Waals surface area (Å²) < 4.78 is 0. The lowest BCUT2D eigenvalue weighted by Crippen LogP contribution is -2.36. The Morgan fingerprint density at radius 2 is 1.95 bits per heavy atom. The van der Waals surface area contributed by atoms with Crippen LogP contribution in [0.1, 0.15) is 37.4 Å². The maximum absolute atomic E-state index is 10.0. The fraction of sp³-hybridized carbons (Fsp3) is 0.625. The van der Waals surface area contributed by atoms with Crippen molar-refractivity contribution in [3.63, 3.8) is 0 Å². The smallest absolute Gasteiger partial charge is 0.0914 e. The summed E-state index contributed by atoms with van der Waals surface area (Å²) in [5, 5.41) is 13.4. The monoisotopic (exact) mass is 262 g/mol. The third kappa shape index (κ3) is 4.60. The van der Waals surface area contributed by atoms with Gasteiger partial charge in [0, 0.05) is 25.7 Å². The molecule has 3 nitrogen and oxygen atoms in total. The fourth-order valence-corrected chi connectivity index (χ4v) is 2.81. The van der Waals surface area contributed by atoms with Crippen molar-refractivity contribution in [3.8, 4) is 0 Å². The van der Waals surface area contributed by atoms with E-state index >= 15 is 0 Å². The minimum absolute atomic E-state index is 0.405. The summed E-state index contributed by atoms with van der Waals surface area (Å²) in [6, 6.07) is 10.6. The van der Waals surface area contributed by atoms with Crippen LogP contribution in [0.5, 0.6) is 0 Å². The normalized spacial score (nSPS) is 18.1. The molecule has 0 spiro atoms. The molecule has 1 aliphatic rings. The number of nitrogens with one attached hydrogen (secondary N) is 1.